The summed E-state index contributed by atoms with van der Waals surface area (Å²) in [7, 11) is 4.76. The Hall–Kier alpha value is -0.0400. The first-order valence-corrected chi connectivity index (χ1v) is 4.03. The van der Waals surface area contributed by atoms with Crippen LogP contribution in [0.4, 0.5) is 0 Å². The van der Waals surface area contributed by atoms with E-state index >= 15 is 0 Å². The third-order valence-corrected chi connectivity index (χ3v) is 3.35. The van der Waals surface area contributed by atoms with Gasteiger partial charge < -0.3 is 4.48 Å². The van der Waals surface area contributed by atoms with Crippen molar-refractivity contribution in [1.82, 2.24) is 0 Å². The maximum absolute atomic E-state index is 2.38. The molecule has 1 aliphatic carbocycles. The lowest BCUT2D eigenvalue weighted by atomic mass is 9.80. The number of fused-ring (bicyclic) bond motifs is 1. The monoisotopic (exact) mass is 126 g/mol. The van der Waals surface area contributed by atoms with E-state index in [1.165, 1.54) is 30.3 Å². The van der Waals surface area contributed by atoms with E-state index in [1.807, 2.05) is 0 Å². The fraction of sp³-hybridized carbons (Fsp3) is 1.00. The van der Waals surface area contributed by atoms with Gasteiger partial charge in [-0.25, -0.2) is 0 Å². The van der Waals surface area contributed by atoms with Crippen LogP contribution in [0, 0.1) is 5.92 Å². The van der Waals surface area contributed by atoms with Gasteiger partial charge in [0.1, 0.15) is 0 Å². The fourth-order valence-electron chi connectivity index (χ4n) is 2.47. The molecule has 9 heavy (non-hydrogen) atoms. The summed E-state index contributed by atoms with van der Waals surface area (Å²) in [5.74, 6) is 1.11. The Morgan fingerprint density at radius 1 is 1.11 bits per heavy atom. The van der Waals surface area contributed by atoms with Crippen molar-refractivity contribution in [3.8, 4) is 0 Å². The average molecular weight is 126 g/mol. The number of nitrogens with zero attached hydrogens (tertiary/aromatic N) is 1. The predicted octanol–water partition coefficient (Wildman–Crippen LogP) is 1.25. The van der Waals surface area contributed by atoms with Gasteiger partial charge in [0.25, 0.3) is 0 Å². The van der Waals surface area contributed by atoms with Gasteiger partial charge in [-0.15, -0.1) is 0 Å². The third kappa shape index (κ3) is 0.644. The molecule has 2 atom stereocenters. The highest BCUT2D eigenvalue weighted by Crippen LogP contribution is 2.42. The van der Waals surface area contributed by atoms with Crippen molar-refractivity contribution in [3.63, 3.8) is 0 Å². The molecule has 0 radical (unpaired) electrons. The zero-order valence-electron chi connectivity index (χ0n) is 6.43. The normalized spacial score (nSPS) is 46.0. The van der Waals surface area contributed by atoms with Crippen LogP contribution in [0.1, 0.15) is 19.3 Å². The molecule has 1 nitrogen and oxygen atoms in total. The van der Waals surface area contributed by atoms with Gasteiger partial charge in [0.2, 0.25) is 0 Å². The van der Waals surface area contributed by atoms with Crippen LogP contribution >= 0.6 is 0 Å². The Morgan fingerprint density at radius 2 is 1.89 bits per heavy atom. The standard InChI is InChI=1S/C8H16N/c1-9(2)6-5-7-3-4-8(7)9/h7-8H,3-6H2,1-2H3/q+1. The van der Waals surface area contributed by atoms with Crippen LogP contribution in [0.5, 0.6) is 0 Å². The minimum absolute atomic E-state index is 1.05. The smallest absolute Gasteiger partial charge is 0.0917 e. The molecule has 0 aromatic carbocycles. The molecule has 0 aromatic heterocycles. The van der Waals surface area contributed by atoms with Gasteiger partial charge in [-0.3, -0.25) is 0 Å². The molecule has 0 spiro atoms. The predicted molar refractivity (Wildman–Crippen MR) is 38.1 cm³/mol. The Morgan fingerprint density at radius 3 is 2.11 bits per heavy atom. The maximum atomic E-state index is 2.38. The molecular weight excluding hydrogens is 110 g/mol. The molecule has 0 amide bonds. The van der Waals surface area contributed by atoms with Crippen LogP contribution in [0.15, 0.2) is 0 Å². The third-order valence-electron chi connectivity index (χ3n) is 3.35. The van der Waals surface area contributed by atoms with Crippen molar-refractivity contribution >= 4 is 0 Å². The molecule has 2 rings (SSSR count). The number of likely N-dealkylation sites (tertiary alicyclic amines) is 1. The molecule has 2 unspecified atom stereocenters. The lowest BCUT2D eigenvalue weighted by Crippen LogP contribution is -2.49. The van der Waals surface area contributed by atoms with E-state index in [0.717, 1.165) is 12.0 Å². The van der Waals surface area contributed by atoms with Crippen LogP contribution < -0.4 is 0 Å². The summed E-state index contributed by atoms with van der Waals surface area (Å²) in [5, 5.41) is 0. The first-order valence-electron chi connectivity index (χ1n) is 4.03. The second kappa shape index (κ2) is 1.51. The molecule has 1 saturated heterocycles. The minimum atomic E-state index is 1.05. The molecule has 1 heterocycles. The highest BCUT2D eigenvalue weighted by atomic mass is 15.4. The van der Waals surface area contributed by atoms with Crippen molar-refractivity contribution in [2.75, 3.05) is 20.6 Å². The Bertz CT molecular complexity index is 129. The minimum Gasteiger partial charge on any atom is -0.326 e. The lowest BCUT2D eigenvalue weighted by molar-refractivity contribution is -0.908. The molecule has 1 heteroatoms. The maximum Gasteiger partial charge on any atom is 0.0917 e. The summed E-state index contributed by atoms with van der Waals surface area (Å²) in [4.78, 5) is 0. The van der Waals surface area contributed by atoms with Gasteiger partial charge in [0.15, 0.2) is 0 Å². The number of hydrogen-bond acceptors (Lipinski definition) is 0. The SMILES string of the molecule is C[N+]1(C)CCC2CCC21. The summed E-state index contributed by atoms with van der Waals surface area (Å²) in [6, 6.07) is 1.05. The second-order valence-electron chi connectivity index (χ2n) is 4.20. The average Bonchev–Trinajstić information content (AvgIpc) is 1.74. The lowest BCUT2D eigenvalue weighted by Gasteiger charge is -2.39. The Kier molecular flexibility index (Phi) is 0.963. The molecule has 0 bridgehead atoms. The Balaban J connectivity index is 2.14. The largest absolute Gasteiger partial charge is 0.326 e. The second-order valence-corrected chi connectivity index (χ2v) is 4.20. The fourth-order valence-corrected chi connectivity index (χ4v) is 2.47. The summed E-state index contributed by atoms with van der Waals surface area (Å²) in [6.45, 7) is 1.43. The molecule has 1 saturated carbocycles. The summed E-state index contributed by atoms with van der Waals surface area (Å²) < 4.78 is 1.31. The van der Waals surface area contributed by atoms with E-state index in [9.17, 15) is 0 Å². The van der Waals surface area contributed by atoms with Gasteiger partial charge in [-0.05, 0) is 6.42 Å². The van der Waals surface area contributed by atoms with E-state index in [0.29, 0.717) is 0 Å². The molecule has 0 aromatic rings. The van der Waals surface area contributed by atoms with Crippen molar-refractivity contribution < 1.29 is 4.48 Å². The van der Waals surface area contributed by atoms with Crippen molar-refractivity contribution in [2.24, 2.45) is 5.92 Å². The summed E-state index contributed by atoms with van der Waals surface area (Å²) in [5.41, 5.74) is 0. The number of rotatable bonds is 0. The summed E-state index contributed by atoms with van der Waals surface area (Å²) in [6.07, 6.45) is 4.52. The van der Waals surface area contributed by atoms with Crippen molar-refractivity contribution in [2.45, 2.75) is 25.3 Å². The van der Waals surface area contributed by atoms with E-state index in [-0.39, 0.29) is 0 Å². The Labute approximate surface area is 57.3 Å². The molecule has 2 aliphatic rings. The van der Waals surface area contributed by atoms with Crippen LogP contribution in [0.3, 0.4) is 0 Å². The topological polar surface area (TPSA) is 0 Å². The van der Waals surface area contributed by atoms with E-state index in [4.69, 9.17) is 0 Å². The van der Waals surface area contributed by atoms with E-state index in [2.05, 4.69) is 14.1 Å². The zero-order valence-corrected chi connectivity index (χ0v) is 6.43. The number of hydrogen-bond donors (Lipinski definition) is 0. The van der Waals surface area contributed by atoms with Crippen LogP contribution in [-0.2, 0) is 0 Å². The van der Waals surface area contributed by atoms with Gasteiger partial charge >= 0.3 is 0 Å². The van der Waals surface area contributed by atoms with Crippen LogP contribution in [-0.4, -0.2) is 31.2 Å². The van der Waals surface area contributed by atoms with Gasteiger partial charge in [-0.1, -0.05) is 0 Å². The molecule has 1 aliphatic heterocycles. The van der Waals surface area contributed by atoms with Crippen LogP contribution in [0.25, 0.3) is 0 Å². The van der Waals surface area contributed by atoms with Crippen molar-refractivity contribution in [1.29, 1.82) is 0 Å². The van der Waals surface area contributed by atoms with Crippen LogP contribution in [0.2, 0.25) is 0 Å². The molecule has 0 N–H and O–H groups in total. The summed E-state index contributed by atoms with van der Waals surface area (Å²) >= 11 is 0. The molecule has 52 valence electrons. The first kappa shape index (κ1) is 5.72. The van der Waals surface area contributed by atoms with E-state index < -0.39 is 0 Å². The molecule has 2 fully saturated rings. The highest BCUT2D eigenvalue weighted by Gasteiger charge is 2.48. The quantitative estimate of drug-likeness (QED) is 0.428. The van der Waals surface area contributed by atoms with Gasteiger partial charge in [0.05, 0.1) is 26.7 Å². The number of quaternary nitrogens is 1. The first-order chi connectivity index (χ1) is 4.20. The van der Waals surface area contributed by atoms with Crippen molar-refractivity contribution in [3.05, 3.63) is 0 Å². The zero-order chi connectivity index (χ0) is 6.48. The van der Waals surface area contributed by atoms with Gasteiger partial charge in [0, 0.05) is 18.8 Å². The highest BCUT2D eigenvalue weighted by molar-refractivity contribution is 4.85. The van der Waals surface area contributed by atoms with E-state index in [1.54, 1.807) is 0 Å². The molecular formula is C8H16N+. The van der Waals surface area contributed by atoms with Gasteiger partial charge in [-0.2, -0.15) is 0 Å².